The number of nitrogens with zero attached hydrogens (tertiary/aromatic N) is 3. The molecule has 1 saturated carbocycles. The molecule has 0 radical (unpaired) electrons. The summed E-state index contributed by atoms with van der Waals surface area (Å²) >= 11 is 12.1. The van der Waals surface area contributed by atoms with Gasteiger partial charge in [-0.1, -0.05) is 47.0 Å². The van der Waals surface area contributed by atoms with Gasteiger partial charge in [0.1, 0.15) is 0 Å². The van der Waals surface area contributed by atoms with Crippen LogP contribution in [0, 0.1) is 12.8 Å². The Morgan fingerprint density at radius 1 is 1.08 bits per heavy atom. The smallest absolute Gasteiger partial charge is 0.283 e. The molecule has 1 aliphatic rings. The average molecular weight is 586 g/mol. The lowest BCUT2D eigenvalue weighted by molar-refractivity contribution is 0.0937. The number of benzene rings is 3. The van der Waals surface area contributed by atoms with E-state index in [2.05, 4.69) is 22.4 Å². The third kappa shape index (κ3) is 6.30. The number of aryl methyl sites for hydroxylation is 1. The molecule has 7 nitrogen and oxygen atoms in total. The highest BCUT2D eigenvalue weighted by Crippen LogP contribution is 2.30. The summed E-state index contributed by atoms with van der Waals surface area (Å²) in [7, 11) is -1.73. The van der Waals surface area contributed by atoms with Gasteiger partial charge in [-0.25, -0.2) is 0 Å². The van der Waals surface area contributed by atoms with E-state index in [-0.39, 0.29) is 16.8 Å². The summed E-state index contributed by atoms with van der Waals surface area (Å²) in [5.74, 6) is 0.479. The van der Waals surface area contributed by atoms with Crippen molar-refractivity contribution in [3.63, 3.8) is 0 Å². The molecule has 1 aliphatic carbocycles. The second-order valence-corrected chi connectivity index (χ2v) is 12.9. The van der Waals surface area contributed by atoms with Crippen LogP contribution < -0.4 is 5.32 Å². The topological polar surface area (TPSA) is 84.3 Å². The summed E-state index contributed by atoms with van der Waals surface area (Å²) in [6.45, 7) is 3.32. The summed E-state index contributed by atoms with van der Waals surface area (Å²) in [5.41, 5.74) is 3.00. The highest BCUT2D eigenvalue weighted by atomic mass is 35.5. The van der Waals surface area contributed by atoms with Gasteiger partial charge in [-0.15, -0.1) is 0 Å². The molecule has 0 aliphatic heterocycles. The van der Waals surface area contributed by atoms with E-state index in [0.717, 1.165) is 27.1 Å². The molecule has 1 N–H and O–H groups in total. The molecule has 0 saturated heterocycles. The van der Waals surface area contributed by atoms with Gasteiger partial charge in [-0.05, 0) is 87.2 Å². The maximum atomic E-state index is 13.2. The molecule has 1 aromatic heterocycles. The Morgan fingerprint density at radius 2 is 1.82 bits per heavy atom. The van der Waals surface area contributed by atoms with E-state index in [1.54, 1.807) is 54.7 Å². The molecule has 4 aromatic rings. The Kier molecular flexibility index (Phi) is 8.01. The van der Waals surface area contributed by atoms with Gasteiger partial charge >= 0.3 is 0 Å². The Balaban J connectivity index is 1.35. The lowest BCUT2D eigenvalue weighted by Crippen LogP contribution is -2.44. The average Bonchev–Trinajstić information content (AvgIpc) is 3.62. The lowest BCUT2D eigenvalue weighted by atomic mass is 10.0. The zero-order valence-corrected chi connectivity index (χ0v) is 24.1. The largest absolute Gasteiger partial charge is 0.350 e. The van der Waals surface area contributed by atoms with Crippen LogP contribution in [-0.4, -0.2) is 54.6 Å². The van der Waals surface area contributed by atoms with Crippen molar-refractivity contribution >= 4 is 50.0 Å². The first-order chi connectivity index (χ1) is 18.6. The van der Waals surface area contributed by atoms with Crippen LogP contribution in [0.2, 0.25) is 10.0 Å². The Morgan fingerprint density at radius 3 is 2.51 bits per heavy atom. The van der Waals surface area contributed by atoms with Gasteiger partial charge in [0.25, 0.3) is 15.9 Å². The minimum Gasteiger partial charge on any atom is -0.350 e. The number of nitrogens with one attached hydrogen (secondary N) is 1. The molecule has 1 amide bonds. The first-order valence-electron chi connectivity index (χ1n) is 12.8. The van der Waals surface area contributed by atoms with E-state index in [4.69, 9.17) is 23.2 Å². The fourth-order valence-corrected chi connectivity index (χ4v) is 6.22. The number of fused-ring (bicyclic) bond motifs is 1. The molecule has 39 heavy (non-hydrogen) atoms. The number of hydrogen-bond donors (Lipinski definition) is 1. The van der Waals surface area contributed by atoms with E-state index in [0.29, 0.717) is 40.0 Å². The molecule has 10 heteroatoms. The molecular weight excluding hydrogens is 555 g/mol. The molecule has 0 spiro atoms. The SMILES string of the molecule is Cc1ccc(S(=O)(=O)n2ncc3cc(CC(CNC(=O)c4ccc(Cl)c(Cl)c4)N(C)CC4CC4)ccc32)cc1. The maximum absolute atomic E-state index is 13.2. The molecule has 0 bridgehead atoms. The molecule has 5 rings (SSSR count). The van der Waals surface area contributed by atoms with Crippen LogP contribution in [0.5, 0.6) is 0 Å². The van der Waals surface area contributed by atoms with Gasteiger partial charge in [0, 0.05) is 30.1 Å². The number of likely N-dealkylation sites (N-methyl/N-ethyl adjacent to an activating group) is 1. The quantitative estimate of drug-likeness (QED) is 0.263. The molecule has 1 heterocycles. The van der Waals surface area contributed by atoms with Crippen LogP contribution in [0.1, 0.15) is 34.3 Å². The fourth-order valence-electron chi connectivity index (χ4n) is 4.65. The van der Waals surface area contributed by atoms with E-state index in [1.165, 1.54) is 12.8 Å². The van der Waals surface area contributed by atoms with E-state index >= 15 is 0 Å². The highest BCUT2D eigenvalue weighted by molar-refractivity contribution is 7.90. The maximum Gasteiger partial charge on any atom is 0.283 e. The third-order valence-electron chi connectivity index (χ3n) is 7.16. The number of halogens is 2. The summed E-state index contributed by atoms with van der Waals surface area (Å²) in [5, 5.41) is 8.75. The second kappa shape index (κ2) is 11.3. The highest BCUT2D eigenvalue weighted by Gasteiger charge is 2.27. The van der Waals surface area contributed by atoms with E-state index in [9.17, 15) is 13.2 Å². The summed E-state index contributed by atoms with van der Waals surface area (Å²) < 4.78 is 27.5. The predicted molar refractivity (Wildman–Crippen MR) is 155 cm³/mol. The molecule has 1 atom stereocenters. The van der Waals surface area contributed by atoms with Gasteiger partial charge in [0.15, 0.2) is 0 Å². The molecular formula is C29H30Cl2N4O3S. The molecule has 204 valence electrons. The number of aromatic nitrogens is 2. The van der Waals surface area contributed by atoms with E-state index in [1.807, 2.05) is 19.1 Å². The standard InChI is InChI=1S/C29H30Cl2N4O3S/c1-19-3-9-25(10-4-19)39(37,38)35-28-12-7-21(13-23(28)16-33-35)14-24(34(2)18-20-5-6-20)17-32-29(36)22-8-11-26(30)27(31)15-22/h3-4,7-13,15-16,20,24H,5-6,14,17-18H2,1-2H3,(H,32,36). The van der Waals surface area contributed by atoms with Crippen molar-refractivity contribution in [2.24, 2.45) is 5.92 Å². The van der Waals surface area contributed by atoms with Crippen LogP contribution >= 0.6 is 23.2 Å². The number of carbonyl (C=O) groups is 1. The van der Waals surface area contributed by atoms with Crippen LogP contribution in [-0.2, 0) is 16.4 Å². The normalized spacial score (nSPS) is 14.6. The molecule has 3 aromatic carbocycles. The van der Waals surface area contributed by atoms with Crippen LogP contribution in [0.4, 0.5) is 0 Å². The van der Waals surface area contributed by atoms with Gasteiger partial charge in [0.05, 0.1) is 26.7 Å². The van der Waals surface area contributed by atoms with Crippen molar-refractivity contribution < 1.29 is 13.2 Å². The third-order valence-corrected chi connectivity index (χ3v) is 9.52. The van der Waals surface area contributed by atoms with Crippen LogP contribution in [0.3, 0.4) is 0 Å². The minimum absolute atomic E-state index is 0.0427. The number of rotatable bonds is 10. The van der Waals surface area contributed by atoms with Gasteiger partial charge < -0.3 is 10.2 Å². The fraction of sp³-hybridized carbons (Fsp3) is 0.310. The lowest BCUT2D eigenvalue weighted by Gasteiger charge is -2.28. The minimum atomic E-state index is -3.81. The second-order valence-electron chi connectivity index (χ2n) is 10.3. The zero-order chi connectivity index (χ0) is 27.7. The van der Waals surface area contributed by atoms with Gasteiger partial charge in [-0.3, -0.25) is 4.79 Å². The molecule has 1 unspecified atom stereocenters. The van der Waals surface area contributed by atoms with Crippen LogP contribution in [0.15, 0.2) is 71.8 Å². The van der Waals surface area contributed by atoms with Gasteiger partial charge in [0.2, 0.25) is 0 Å². The monoisotopic (exact) mass is 584 g/mol. The summed E-state index contributed by atoms with van der Waals surface area (Å²) in [4.78, 5) is 15.3. The van der Waals surface area contributed by atoms with Crippen molar-refractivity contribution in [2.45, 2.75) is 37.1 Å². The van der Waals surface area contributed by atoms with Gasteiger partial charge in [-0.2, -0.15) is 17.6 Å². The van der Waals surface area contributed by atoms with Crippen molar-refractivity contribution in [1.29, 1.82) is 0 Å². The predicted octanol–water partition coefficient (Wildman–Crippen LogP) is 5.57. The number of carbonyl (C=O) groups excluding carboxylic acids is 1. The molecule has 1 fully saturated rings. The van der Waals surface area contributed by atoms with Crippen molar-refractivity contribution in [3.8, 4) is 0 Å². The van der Waals surface area contributed by atoms with Crippen molar-refractivity contribution in [1.82, 2.24) is 19.4 Å². The van der Waals surface area contributed by atoms with E-state index < -0.39 is 10.0 Å². The van der Waals surface area contributed by atoms with Crippen molar-refractivity contribution in [3.05, 3.63) is 93.6 Å². The first-order valence-corrected chi connectivity index (χ1v) is 15.0. The Bertz CT molecular complexity index is 1620. The van der Waals surface area contributed by atoms with Crippen molar-refractivity contribution in [2.75, 3.05) is 20.1 Å². The number of hydrogen-bond acceptors (Lipinski definition) is 5. The Labute approximate surface area is 238 Å². The Hall–Kier alpha value is -2.91. The van der Waals surface area contributed by atoms with Crippen LogP contribution in [0.25, 0.3) is 10.9 Å². The zero-order valence-electron chi connectivity index (χ0n) is 21.8. The number of amides is 1. The summed E-state index contributed by atoms with van der Waals surface area (Å²) in [6, 6.07) is 17.3. The summed E-state index contributed by atoms with van der Waals surface area (Å²) in [6.07, 6.45) is 4.72. The first kappa shape index (κ1) is 27.6.